The van der Waals surface area contributed by atoms with Gasteiger partial charge in [-0.1, -0.05) is 12.1 Å². The fraction of sp³-hybridized carbons (Fsp3) is 0.500. The number of methoxy groups -OCH3 is 1. The average molecular weight is 391 g/mol. The summed E-state index contributed by atoms with van der Waals surface area (Å²) in [5.41, 5.74) is 1.88. The molecule has 1 atom stereocenters. The average Bonchev–Trinajstić information content (AvgIpc) is 3.24. The Kier molecular flexibility index (Phi) is 6.57. The lowest BCUT2D eigenvalue weighted by molar-refractivity contribution is -0.123. The number of aromatic nitrogens is 2. The Labute approximate surface area is 162 Å². The molecule has 1 aromatic carbocycles. The molecule has 0 fully saturated rings. The van der Waals surface area contributed by atoms with Gasteiger partial charge in [0, 0.05) is 26.7 Å². The van der Waals surface area contributed by atoms with Crippen LogP contribution in [0.4, 0.5) is 10.7 Å². The van der Waals surface area contributed by atoms with E-state index in [0.717, 1.165) is 16.8 Å². The molecule has 1 aliphatic heterocycles. The molecule has 0 bridgehead atoms. The zero-order valence-electron chi connectivity index (χ0n) is 15.6. The third kappa shape index (κ3) is 4.36. The molecule has 0 unspecified atom stereocenters. The van der Waals surface area contributed by atoms with Gasteiger partial charge >= 0.3 is 6.03 Å². The topological polar surface area (TPSA) is 88.5 Å². The number of hydrogen-bond donors (Lipinski definition) is 2. The van der Waals surface area contributed by atoms with E-state index in [1.807, 2.05) is 35.1 Å². The van der Waals surface area contributed by atoms with Crippen LogP contribution in [0.5, 0.6) is 0 Å². The summed E-state index contributed by atoms with van der Waals surface area (Å²) in [5.74, 6) is 1.21. The molecule has 0 saturated heterocycles. The second-order valence-corrected chi connectivity index (χ2v) is 7.26. The highest BCUT2D eigenvalue weighted by Crippen LogP contribution is 2.27. The van der Waals surface area contributed by atoms with Crippen LogP contribution in [0.15, 0.2) is 24.3 Å². The summed E-state index contributed by atoms with van der Waals surface area (Å²) < 4.78 is 6.99. The predicted molar refractivity (Wildman–Crippen MR) is 107 cm³/mol. The minimum absolute atomic E-state index is 0.192. The Morgan fingerprint density at radius 3 is 2.93 bits per heavy atom. The van der Waals surface area contributed by atoms with Gasteiger partial charge in [0.15, 0.2) is 0 Å². The maximum absolute atomic E-state index is 12.8. The molecule has 146 valence electrons. The van der Waals surface area contributed by atoms with Crippen molar-refractivity contribution in [3.8, 4) is 0 Å². The van der Waals surface area contributed by atoms with Crippen LogP contribution < -0.4 is 15.5 Å². The van der Waals surface area contributed by atoms with Gasteiger partial charge in [0.1, 0.15) is 6.04 Å². The third-order valence-corrected chi connectivity index (χ3v) is 5.14. The number of ether oxygens (including phenoxy) is 1. The zero-order chi connectivity index (χ0) is 19.2. The Morgan fingerprint density at radius 2 is 2.15 bits per heavy atom. The summed E-state index contributed by atoms with van der Waals surface area (Å²) in [6.07, 6.45) is 2.54. The van der Waals surface area contributed by atoms with E-state index in [-0.39, 0.29) is 11.9 Å². The van der Waals surface area contributed by atoms with Crippen LogP contribution in [0.3, 0.4) is 0 Å². The van der Waals surface area contributed by atoms with E-state index >= 15 is 0 Å². The first-order valence-electron chi connectivity index (χ1n) is 8.94. The number of fused-ring (bicyclic) bond motifs is 3. The summed E-state index contributed by atoms with van der Waals surface area (Å²) >= 11 is 1.64. The maximum atomic E-state index is 12.8. The van der Waals surface area contributed by atoms with Crippen LogP contribution in [0, 0.1) is 0 Å². The van der Waals surface area contributed by atoms with E-state index in [1.165, 1.54) is 0 Å². The van der Waals surface area contributed by atoms with Crippen molar-refractivity contribution in [1.29, 1.82) is 0 Å². The summed E-state index contributed by atoms with van der Waals surface area (Å²) in [6.45, 7) is 2.09. The number of thioether (sulfide) groups is 1. The Bertz CT molecular complexity index is 809. The van der Waals surface area contributed by atoms with Crippen molar-refractivity contribution >= 4 is 40.7 Å². The van der Waals surface area contributed by atoms with Crippen LogP contribution >= 0.6 is 11.8 Å². The van der Waals surface area contributed by atoms with Crippen LogP contribution in [-0.4, -0.2) is 66.3 Å². The molecule has 1 aliphatic rings. The second kappa shape index (κ2) is 9.09. The zero-order valence-corrected chi connectivity index (χ0v) is 16.4. The number of hydrogen-bond acceptors (Lipinski definition) is 5. The number of benzene rings is 1. The molecule has 0 radical (unpaired) electrons. The van der Waals surface area contributed by atoms with Crippen LogP contribution in [0.25, 0.3) is 11.0 Å². The molecule has 9 heteroatoms. The number of imidazole rings is 1. The monoisotopic (exact) mass is 391 g/mol. The predicted octanol–water partition coefficient (Wildman–Crippen LogP) is 1.45. The van der Waals surface area contributed by atoms with E-state index in [0.29, 0.717) is 38.6 Å². The maximum Gasteiger partial charge on any atom is 0.324 e. The number of rotatable bonds is 8. The van der Waals surface area contributed by atoms with Crippen LogP contribution in [-0.2, 0) is 16.1 Å². The van der Waals surface area contributed by atoms with E-state index in [4.69, 9.17) is 4.74 Å². The summed E-state index contributed by atoms with van der Waals surface area (Å²) in [4.78, 5) is 31.5. The highest BCUT2D eigenvalue weighted by molar-refractivity contribution is 7.98. The van der Waals surface area contributed by atoms with Crippen molar-refractivity contribution in [2.45, 2.75) is 19.0 Å². The number of amides is 3. The first-order chi connectivity index (χ1) is 13.2. The Morgan fingerprint density at radius 1 is 1.33 bits per heavy atom. The van der Waals surface area contributed by atoms with E-state index in [1.54, 1.807) is 23.8 Å². The van der Waals surface area contributed by atoms with Gasteiger partial charge in [0.25, 0.3) is 0 Å². The normalized spacial score (nSPS) is 14.2. The largest absolute Gasteiger partial charge is 0.383 e. The first kappa shape index (κ1) is 19.5. The van der Waals surface area contributed by atoms with Gasteiger partial charge in [-0.3, -0.25) is 9.69 Å². The number of carbonyl (C=O) groups is 2. The molecule has 2 heterocycles. The summed E-state index contributed by atoms with van der Waals surface area (Å²) in [6, 6.07) is 6.94. The van der Waals surface area contributed by atoms with Crippen molar-refractivity contribution in [2.24, 2.45) is 0 Å². The molecule has 1 aromatic heterocycles. The lowest BCUT2D eigenvalue weighted by atomic mass is 10.2. The molecule has 27 heavy (non-hydrogen) atoms. The fourth-order valence-electron chi connectivity index (χ4n) is 3.11. The van der Waals surface area contributed by atoms with Crippen molar-refractivity contribution in [3.63, 3.8) is 0 Å². The molecule has 8 nitrogen and oxygen atoms in total. The number of nitrogens with zero attached hydrogens (tertiary/aromatic N) is 3. The highest BCUT2D eigenvalue weighted by atomic mass is 32.2. The van der Waals surface area contributed by atoms with Crippen molar-refractivity contribution in [2.75, 3.05) is 43.7 Å². The molecule has 0 spiro atoms. The Hall–Kier alpha value is -2.26. The fourth-order valence-corrected chi connectivity index (χ4v) is 3.58. The van der Waals surface area contributed by atoms with Gasteiger partial charge < -0.3 is 19.9 Å². The second-order valence-electron chi connectivity index (χ2n) is 6.27. The number of para-hydroxylation sites is 2. The minimum Gasteiger partial charge on any atom is -0.383 e. The van der Waals surface area contributed by atoms with Crippen LogP contribution in [0.2, 0.25) is 0 Å². The SMILES string of the molecule is COCCNC(=O)[C@H](CCSC)NC(=O)N1CCn2c1nc1ccccc12. The van der Waals surface area contributed by atoms with Gasteiger partial charge in [-0.2, -0.15) is 11.8 Å². The van der Waals surface area contributed by atoms with Crippen molar-refractivity contribution in [3.05, 3.63) is 24.3 Å². The lowest BCUT2D eigenvalue weighted by Gasteiger charge is -2.21. The van der Waals surface area contributed by atoms with Gasteiger partial charge in [0.2, 0.25) is 11.9 Å². The molecule has 2 aromatic rings. The smallest absolute Gasteiger partial charge is 0.324 e. The number of anilines is 1. The molecule has 3 amide bonds. The van der Waals surface area contributed by atoms with E-state index in [2.05, 4.69) is 15.6 Å². The van der Waals surface area contributed by atoms with Crippen LogP contribution in [0.1, 0.15) is 6.42 Å². The molecule has 3 rings (SSSR count). The highest BCUT2D eigenvalue weighted by Gasteiger charge is 2.30. The lowest BCUT2D eigenvalue weighted by Crippen LogP contribution is -2.51. The molecule has 0 saturated carbocycles. The molecule has 0 aliphatic carbocycles. The summed E-state index contributed by atoms with van der Waals surface area (Å²) in [7, 11) is 1.58. The third-order valence-electron chi connectivity index (χ3n) is 4.50. The van der Waals surface area contributed by atoms with E-state index < -0.39 is 6.04 Å². The molecular weight excluding hydrogens is 366 g/mol. The Balaban J connectivity index is 1.70. The van der Waals surface area contributed by atoms with Gasteiger partial charge in [0.05, 0.1) is 17.6 Å². The van der Waals surface area contributed by atoms with Gasteiger partial charge in [-0.15, -0.1) is 0 Å². The number of carbonyl (C=O) groups excluding carboxylic acids is 2. The van der Waals surface area contributed by atoms with Crippen molar-refractivity contribution < 1.29 is 14.3 Å². The van der Waals surface area contributed by atoms with Gasteiger partial charge in [-0.25, -0.2) is 9.78 Å². The minimum atomic E-state index is -0.583. The standard InChI is InChI=1S/C18H25N5O3S/c1-26-11-8-19-16(24)14(7-12-27-2)21-18(25)23-10-9-22-15-6-4-3-5-13(15)20-17(22)23/h3-6,14H,7-12H2,1-2H3,(H,19,24)(H,21,25)/t14-/m0/s1. The van der Waals surface area contributed by atoms with Crippen molar-refractivity contribution in [1.82, 2.24) is 20.2 Å². The summed E-state index contributed by atoms with van der Waals surface area (Å²) in [5, 5.41) is 5.68. The number of urea groups is 1. The molecular formula is C18H25N5O3S. The quantitative estimate of drug-likeness (QED) is 0.665. The molecule has 2 N–H and O–H groups in total. The van der Waals surface area contributed by atoms with E-state index in [9.17, 15) is 9.59 Å². The first-order valence-corrected chi connectivity index (χ1v) is 10.3. The number of nitrogens with one attached hydrogen (secondary N) is 2. The van der Waals surface area contributed by atoms with Gasteiger partial charge in [-0.05, 0) is 30.6 Å².